The van der Waals surface area contributed by atoms with Gasteiger partial charge in [0.1, 0.15) is 4.99 Å². The highest BCUT2D eigenvalue weighted by atomic mass is 32.1. The van der Waals surface area contributed by atoms with E-state index in [0.717, 1.165) is 31.6 Å². The van der Waals surface area contributed by atoms with E-state index >= 15 is 0 Å². The molecule has 6 heteroatoms. The lowest BCUT2D eigenvalue weighted by molar-refractivity contribution is 0.114. The van der Waals surface area contributed by atoms with Gasteiger partial charge in [0, 0.05) is 18.7 Å². The summed E-state index contributed by atoms with van der Waals surface area (Å²) >= 11 is 5.43. The molecule has 0 aliphatic carbocycles. The highest BCUT2D eigenvalue weighted by Gasteiger charge is 2.18. The van der Waals surface area contributed by atoms with Gasteiger partial charge in [-0.3, -0.25) is 0 Å². The first-order chi connectivity index (χ1) is 10.2. The van der Waals surface area contributed by atoms with Gasteiger partial charge in [-0.25, -0.2) is 0 Å². The first-order valence-corrected chi connectivity index (χ1v) is 7.30. The fraction of sp³-hybridized carbons (Fsp3) is 0.533. The molecule has 1 aromatic carbocycles. The maximum Gasteiger partial charge on any atom is 0.203 e. The van der Waals surface area contributed by atoms with Crippen molar-refractivity contribution in [2.24, 2.45) is 0 Å². The third kappa shape index (κ3) is 3.77. The molecule has 5 nitrogen and oxygen atoms in total. The SMILES string of the molecule is COc1cc(C(=S)NCC2CCCO2)cc(OC)c1OC. The summed E-state index contributed by atoms with van der Waals surface area (Å²) in [6.45, 7) is 1.55. The molecule has 0 spiro atoms. The van der Waals surface area contributed by atoms with Crippen molar-refractivity contribution in [2.75, 3.05) is 34.5 Å². The van der Waals surface area contributed by atoms with Crippen LogP contribution in [-0.4, -0.2) is 45.6 Å². The topological polar surface area (TPSA) is 49.0 Å². The number of thiocarbonyl (C=S) groups is 1. The minimum atomic E-state index is 0.241. The minimum Gasteiger partial charge on any atom is -0.493 e. The number of methoxy groups -OCH3 is 3. The summed E-state index contributed by atoms with van der Waals surface area (Å²) in [6, 6.07) is 3.68. The van der Waals surface area contributed by atoms with E-state index in [1.807, 2.05) is 12.1 Å². The van der Waals surface area contributed by atoms with Crippen LogP contribution in [-0.2, 0) is 4.74 Å². The Balaban J connectivity index is 2.12. The summed E-state index contributed by atoms with van der Waals surface area (Å²) in [6.07, 6.45) is 2.43. The second-order valence-corrected chi connectivity index (χ2v) is 5.17. The molecule has 0 bridgehead atoms. The number of ether oxygens (including phenoxy) is 4. The molecule has 21 heavy (non-hydrogen) atoms. The van der Waals surface area contributed by atoms with Crippen molar-refractivity contribution in [1.29, 1.82) is 0 Å². The molecule has 0 saturated carbocycles. The quantitative estimate of drug-likeness (QED) is 0.813. The molecule has 1 aliphatic rings. The first kappa shape index (κ1) is 15.9. The van der Waals surface area contributed by atoms with Gasteiger partial charge < -0.3 is 24.3 Å². The molecular weight excluding hydrogens is 290 g/mol. The van der Waals surface area contributed by atoms with E-state index < -0.39 is 0 Å². The Bertz CT molecular complexity index is 475. The van der Waals surface area contributed by atoms with Crippen molar-refractivity contribution in [1.82, 2.24) is 5.32 Å². The molecule has 2 rings (SSSR count). The maximum atomic E-state index is 5.57. The summed E-state index contributed by atoms with van der Waals surface area (Å²) < 4.78 is 21.5. The predicted octanol–water partition coefficient (Wildman–Crippen LogP) is 2.16. The van der Waals surface area contributed by atoms with Crippen LogP contribution in [0, 0.1) is 0 Å². The van der Waals surface area contributed by atoms with Crippen LogP contribution in [0.2, 0.25) is 0 Å². The summed E-state index contributed by atoms with van der Waals surface area (Å²) in [5.74, 6) is 1.74. The van der Waals surface area contributed by atoms with Crippen LogP contribution < -0.4 is 19.5 Å². The van der Waals surface area contributed by atoms with Gasteiger partial charge in [0.05, 0.1) is 27.4 Å². The van der Waals surface area contributed by atoms with E-state index in [1.165, 1.54) is 0 Å². The highest BCUT2D eigenvalue weighted by molar-refractivity contribution is 7.80. The van der Waals surface area contributed by atoms with Crippen LogP contribution in [0.3, 0.4) is 0 Å². The third-order valence-corrected chi connectivity index (χ3v) is 3.82. The van der Waals surface area contributed by atoms with Gasteiger partial charge in [-0.1, -0.05) is 12.2 Å². The zero-order valence-electron chi connectivity index (χ0n) is 12.6. The average molecular weight is 311 g/mol. The third-order valence-electron chi connectivity index (χ3n) is 3.44. The molecule has 1 atom stereocenters. The van der Waals surface area contributed by atoms with Gasteiger partial charge in [-0.15, -0.1) is 0 Å². The Labute approximate surface area is 130 Å². The molecule has 0 radical (unpaired) electrons. The van der Waals surface area contributed by atoms with E-state index in [-0.39, 0.29) is 6.10 Å². The second-order valence-electron chi connectivity index (χ2n) is 4.76. The average Bonchev–Trinajstić information content (AvgIpc) is 3.04. The first-order valence-electron chi connectivity index (χ1n) is 6.89. The lowest BCUT2D eigenvalue weighted by Gasteiger charge is -2.16. The molecule has 1 aliphatic heterocycles. The van der Waals surface area contributed by atoms with E-state index in [9.17, 15) is 0 Å². The monoisotopic (exact) mass is 311 g/mol. The fourth-order valence-corrected chi connectivity index (χ4v) is 2.53. The van der Waals surface area contributed by atoms with Crippen LogP contribution in [0.1, 0.15) is 18.4 Å². The molecule has 1 unspecified atom stereocenters. The van der Waals surface area contributed by atoms with E-state index in [2.05, 4.69) is 5.32 Å². The molecule has 1 aromatic rings. The fourth-order valence-electron chi connectivity index (χ4n) is 2.33. The zero-order chi connectivity index (χ0) is 15.2. The Kier molecular flexibility index (Phi) is 5.64. The van der Waals surface area contributed by atoms with Gasteiger partial charge in [0.15, 0.2) is 11.5 Å². The highest BCUT2D eigenvalue weighted by Crippen LogP contribution is 2.38. The molecule has 116 valence electrons. The van der Waals surface area contributed by atoms with Crippen molar-refractivity contribution in [3.63, 3.8) is 0 Å². The second kappa shape index (κ2) is 7.47. The number of hydrogen-bond acceptors (Lipinski definition) is 5. The maximum absolute atomic E-state index is 5.57. The molecule has 1 N–H and O–H groups in total. The summed E-state index contributed by atoms with van der Waals surface area (Å²) in [5, 5.41) is 3.24. The Morgan fingerprint density at radius 2 is 1.90 bits per heavy atom. The van der Waals surface area contributed by atoms with E-state index in [0.29, 0.717) is 22.2 Å². The molecule has 0 aromatic heterocycles. The number of rotatable bonds is 6. The van der Waals surface area contributed by atoms with Crippen LogP contribution >= 0.6 is 12.2 Å². The van der Waals surface area contributed by atoms with Crippen molar-refractivity contribution < 1.29 is 18.9 Å². The number of benzene rings is 1. The summed E-state index contributed by atoms with van der Waals surface area (Å²) in [4.78, 5) is 0.643. The molecule has 0 amide bonds. The largest absolute Gasteiger partial charge is 0.493 e. The van der Waals surface area contributed by atoms with Gasteiger partial charge in [0.25, 0.3) is 0 Å². The standard InChI is InChI=1S/C15H21NO4S/c1-17-12-7-10(8-13(18-2)14(12)19-3)15(21)16-9-11-5-4-6-20-11/h7-8,11H,4-6,9H2,1-3H3,(H,16,21). The Hall–Kier alpha value is -1.53. The molecule has 1 saturated heterocycles. The van der Waals surface area contributed by atoms with Crippen molar-refractivity contribution >= 4 is 17.2 Å². The summed E-state index contributed by atoms with van der Waals surface area (Å²) in [7, 11) is 4.75. The van der Waals surface area contributed by atoms with Gasteiger partial charge >= 0.3 is 0 Å². The smallest absolute Gasteiger partial charge is 0.203 e. The van der Waals surface area contributed by atoms with Crippen LogP contribution in [0.4, 0.5) is 0 Å². The molecule has 1 fully saturated rings. The normalized spacial score (nSPS) is 17.4. The lowest BCUT2D eigenvalue weighted by atomic mass is 10.1. The molecular formula is C15H21NO4S. The van der Waals surface area contributed by atoms with Gasteiger partial charge in [0.2, 0.25) is 5.75 Å². The Morgan fingerprint density at radius 3 is 2.38 bits per heavy atom. The summed E-state index contributed by atoms with van der Waals surface area (Å²) in [5.41, 5.74) is 0.831. The van der Waals surface area contributed by atoms with Gasteiger partial charge in [-0.2, -0.15) is 0 Å². The van der Waals surface area contributed by atoms with Crippen molar-refractivity contribution in [3.05, 3.63) is 17.7 Å². The van der Waals surface area contributed by atoms with Crippen molar-refractivity contribution in [3.8, 4) is 17.2 Å². The van der Waals surface area contributed by atoms with Gasteiger partial charge in [-0.05, 0) is 25.0 Å². The number of nitrogens with one attached hydrogen (secondary N) is 1. The van der Waals surface area contributed by atoms with Crippen LogP contribution in [0.5, 0.6) is 17.2 Å². The van der Waals surface area contributed by atoms with Crippen molar-refractivity contribution in [2.45, 2.75) is 18.9 Å². The van der Waals surface area contributed by atoms with Crippen LogP contribution in [0.25, 0.3) is 0 Å². The Morgan fingerprint density at radius 1 is 1.24 bits per heavy atom. The lowest BCUT2D eigenvalue weighted by Crippen LogP contribution is -2.31. The zero-order valence-corrected chi connectivity index (χ0v) is 13.4. The van der Waals surface area contributed by atoms with E-state index in [4.69, 9.17) is 31.2 Å². The predicted molar refractivity (Wildman–Crippen MR) is 84.8 cm³/mol. The van der Waals surface area contributed by atoms with Crippen LogP contribution in [0.15, 0.2) is 12.1 Å². The molecule has 1 heterocycles. The minimum absolute atomic E-state index is 0.241. The van der Waals surface area contributed by atoms with E-state index in [1.54, 1.807) is 21.3 Å². The number of hydrogen-bond donors (Lipinski definition) is 1.